The van der Waals surface area contributed by atoms with Crippen molar-refractivity contribution in [1.82, 2.24) is 5.32 Å². The maximum Gasteiger partial charge on any atom is 0.129 e. The second kappa shape index (κ2) is 5.51. The summed E-state index contributed by atoms with van der Waals surface area (Å²) in [6.45, 7) is 11.8. The normalized spacial score (nSPS) is 12.4. The molecule has 16 heavy (non-hydrogen) atoms. The molecule has 3 heteroatoms. The standard InChI is InChI=1S/C13H23NO2/c1-10(2)14-7-11-6-12(15-8-11)9-16-13(3,4)5/h6,8,10,14H,7,9H2,1-5H3. The van der Waals surface area contributed by atoms with E-state index in [-0.39, 0.29) is 5.60 Å². The van der Waals surface area contributed by atoms with Gasteiger partial charge in [0.2, 0.25) is 0 Å². The summed E-state index contributed by atoms with van der Waals surface area (Å²) >= 11 is 0. The van der Waals surface area contributed by atoms with Crippen LogP contribution in [-0.2, 0) is 17.9 Å². The maximum atomic E-state index is 5.64. The first-order chi connectivity index (χ1) is 7.37. The van der Waals surface area contributed by atoms with E-state index < -0.39 is 0 Å². The van der Waals surface area contributed by atoms with Crippen LogP contribution in [0.15, 0.2) is 16.7 Å². The average molecular weight is 225 g/mol. The molecule has 1 heterocycles. The molecular weight excluding hydrogens is 202 g/mol. The van der Waals surface area contributed by atoms with E-state index in [2.05, 4.69) is 19.2 Å². The molecule has 1 aromatic rings. The minimum absolute atomic E-state index is 0.122. The van der Waals surface area contributed by atoms with Crippen LogP contribution in [0.5, 0.6) is 0 Å². The molecular formula is C13H23NO2. The van der Waals surface area contributed by atoms with Crippen LogP contribution in [0, 0.1) is 0 Å². The lowest BCUT2D eigenvalue weighted by Gasteiger charge is -2.18. The zero-order chi connectivity index (χ0) is 12.2. The lowest BCUT2D eigenvalue weighted by atomic mass is 10.2. The first kappa shape index (κ1) is 13.3. The number of hydrogen-bond donors (Lipinski definition) is 1. The van der Waals surface area contributed by atoms with Crippen molar-refractivity contribution >= 4 is 0 Å². The largest absolute Gasteiger partial charge is 0.467 e. The van der Waals surface area contributed by atoms with E-state index in [9.17, 15) is 0 Å². The maximum absolute atomic E-state index is 5.64. The summed E-state index contributed by atoms with van der Waals surface area (Å²) in [4.78, 5) is 0. The third-order valence-electron chi connectivity index (χ3n) is 2.07. The highest BCUT2D eigenvalue weighted by Crippen LogP contribution is 2.14. The van der Waals surface area contributed by atoms with E-state index in [1.165, 1.54) is 5.56 Å². The number of nitrogens with one attached hydrogen (secondary N) is 1. The van der Waals surface area contributed by atoms with E-state index in [0.717, 1.165) is 12.3 Å². The highest BCUT2D eigenvalue weighted by atomic mass is 16.5. The molecule has 0 aliphatic rings. The second-order valence-electron chi connectivity index (χ2n) is 5.36. The molecule has 92 valence electrons. The SMILES string of the molecule is CC(C)NCc1coc(COC(C)(C)C)c1. The van der Waals surface area contributed by atoms with Gasteiger partial charge in [-0.05, 0) is 26.8 Å². The fraction of sp³-hybridized carbons (Fsp3) is 0.692. The van der Waals surface area contributed by atoms with Crippen LogP contribution in [-0.4, -0.2) is 11.6 Å². The highest BCUT2D eigenvalue weighted by molar-refractivity contribution is 5.12. The number of ether oxygens (including phenoxy) is 1. The van der Waals surface area contributed by atoms with E-state index >= 15 is 0 Å². The Labute approximate surface area is 98.2 Å². The van der Waals surface area contributed by atoms with Crippen molar-refractivity contribution in [3.05, 3.63) is 23.7 Å². The van der Waals surface area contributed by atoms with Crippen LogP contribution in [0.2, 0.25) is 0 Å². The van der Waals surface area contributed by atoms with Gasteiger partial charge in [-0.3, -0.25) is 0 Å². The Bertz CT molecular complexity index is 310. The second-order valence-corrected chi connectivity index (χ2v) is 5.36. The van der Waals surface area contributed by atoms with Gasteiger partial charge in [0.25, 0.3) is 0 Å². The van der Waals surface area contributed by atoms with Crippen LogP contribution >= 0.6 is 0 Å². The zero-order valence-electron chi connectivity index (χ0n) is 11.0. The fourth-order valence-electron chi connectivity index (χ4n) is 1.20. The summed E-state index contributed by atoms with van der Waals surface area (Å²) in [6.07, 6.45) is 1.79. The molecule has 0 saturated heterocycles. The van der Waals surface area contributed by atoms with Gasteiger partial charge in [0.15, 0.2) is 0 Å². The molecule has 3 nitrogen and oxygen atoms in total. The van der Waals surface area contributed by atoms with Crippen molar-refractivity contribution in [1.29, 1.82) is 0 Å². The first-order valence-electron chi connectivity index (χ1n) is 5.80. The Morgan fingerprint density at radius 2 is 2.06 bits per heavy atom. The lowest BCUT2D eigenvalue weighted by molar-refractivity contribution is -0.0224. The minimum Gasteiger partial charge on any atom is -0.467 e. The summed E-state index contributed by atoms with van der Waals surface area (Å²) in [6, 6.07) is 2.53. The number of furan rings is 1. The van der Waals surface area contributed by atoms with E-state index in [0.29, 0.717) is 12.6 Å². The molecule has 1 aromatic heterocycles. The fourth-order valence-corrected chi connectivity index (χ4v) is 1.20. The molecule has 1 N–H and O–H groups in total. The predicted octanol–water partition coefficient (Wildman–Crippen LogP) is 3.09. The van der Waals surface area contributed by atoms with E-state index in [4.69, 9.17) is 9.15 Å². The van der Waals surface area contributed by atoms with Crippen LogP contribution in [0.25, 0.3) is 0 Å². The van der Waals surface area contributed by atoms with Crippen molar-refractivity contribution in [2.24, 2.45) is 0 Å². The molecule has 1 rings (SSSR count). The Balaban J connectivity index is 2.39. The van der Waals surface area contributed by atoms with E-state index in [1.807, 2.05) is 26.8 Å². The zero-order valence-corrected chi connectivity index (χ0v) is 11.0. The van der Waals surface area contributed by atoms with Crippen LogP contribution in [0.1, 0.15) is 45.9 Å². The molecule has 0 aromatic carbocycles. The highest BCUT2D eigenvalue weighted by Gasteiger charge is 2.11. The first-order valence-corrected chi connectivity index (χ1v) is 5.80. The van der Waals surface area contributed by atoms with Gasteiger partial charge >= 0.3 is 0 Å². The van der Waals surface area contributed by atoms with Crippen LogP contribution in [0.4, 0.5) is 0 Å². The lowest BCUT2D eigenvalue weighted by Crippen LogP contribution is -2.21. The van der Waals surface area contributed by atoms with Crippen molar-refractivity contribution < 1.29 is 9.15 Å². The number of hydrogen-bond acceptors (Lipinski definition) is 3. The topological polar surface area (TPSA) is 34.4 Å². The van der Waals surface area contributed by atoms with Gasteiger partial charge in [-0.1, -0.05) is 13.8 Å². The third kappa shape index (κ3) is 5.33. The molecule has 0 bridgehead atoms. The Hall–Kier alpha value is -0.800. The van der Waals surface area contributed by atoms with Gasteiger partial charge in [-0.15, -0.1) is 0 Å². The molecule has 0 fully saturated rings. The summed E-state index contributed by atoms with van der Waals surface area (Å²) in [5.41, 5.74) is 1.05. The summed E-state index contributed by atoms with van der Waals surface area (Å²) in [7, 11) is 0. The third-order valence-corrected chi connectivity index (χ3v) is 2.07. The summed E-state index contributed by atoms with van der Waals surface area (Å²) in [5, 5.41) is 3.35. The quantitative estimate of drug-likeness (QED) is 0.836. The van der Waals surface area contributed by atoms with Crippen molar-refractivity contribution in [2.45, 2.75) is 59.4 Å². The van der Waals surface area contributed by atoms with E-state index in [1.54, 1.807) is 6.26 Å². The Morgan fingerprint density at radius 1 is 1.38 bits per heavy atom. The molecule has 0 spiro atoms. The molecule has 0 aliphatic heterocycles. The van der Waals surface area contributed by atoms with Gasteiger partial charge in [0.05, 0.1) is 11.9 Å². The van der Waals surface area contributed by atoms with Crippen molar-refractivity contribution in [2.75, 3.05) is 0 Å². The molecule has 0 radical (unpaired) electrons. The van der Waals surface area contributed by atoms with Gasteiger partial charge in [-0.2, -0.15) is 0 Å². The average Bonchev–Trinajstić information content (AvgIpc) is 2.58. The van der Waals surface area contributed by atoms with Crippen molar-refractivity contribution in [3.8, 4) is 0 Å². The van der Waals surface area contributed by atoms with Gasteiger partial charge < -0.3 is 14.5 Å². The Morgan fingerprint density at radius 3 is 2.62 bits per heavy atom. The minimum atomic E-state index is -0.122. The van der Waals surface area contributed by atoms with Gasteiger partial charge in [0, 0.05) is 18.2 Å². The monoisotopic (exact) mass is 225 g/mol. The summed E-state index contributed by atoms with van der Waals surface area (Å²) < 4.78 is 11.1. The molecule has 0 amide bonds. The van der Waals surface area contributed by atoms with Gasteiger partial charge in [-0.25, -0.2) is 0 Å². The molecule has 0 aliphatic carbocycles. The summed E-state index contributed by atoms with van der Waals surface area (Å²) in [5.74, 6) is 0.885. The number of rotatable bonds is 5. The van der Waals surface area contributed by atoms with Crippen LogP contribution < -0.4 is 5.32 Å². The van der Waals surface area contributed by atoms with Crippen molar-refractivity contribution in [3.63, 3.8) is 0 Å². The predicted molar refractivity (Wildman–Crippen MR) is 65.2 cm³/mol. The Kier molecular flexibility index (Phi) is 4.56. The van der Waals surface area contributed by atoms with Gasteiger partial charge in [0.1, 0.15) is 12.4 Å². The molecule has 0 unspecified atom stereocenters. The smallest absolute Gasteiger partial charge is 0.129 e. The van der Waals surface area contributed by atoms with Crippen LogP contribution in [0.3, 0.4) is 0 Å². The molecule has 0 atom stereocenters. The molecule has 0 saturated carbocycles.